The molecule has 0 unspecified atom stereocenters. The number of benzene rings is 2. The number of piperidine rings is 1. The van der Waals surface area contributed by atoms with Crippen molar-refractivity contribution in [3.63, 3.8) is 0 Å². The van der Waals surface area contributed by atoms with Gasteiger partial charge in [-0.25, -0.2) is 0 Å². The number of hydrogen-bond acceptors (Lipinski definition) is 5. The third kappa shape index (κ3) is 2.70. The molecule has 36 heavy (non-hydrogen) atoms. The Morgan fingerprint density at radius 1 is 1.17 bits per heavy atom. The van der Waals surface area contributed by atoms with Gasteiger partial charge in [0, 0.05) is 42.4 Å². The number of rotatable bonds is 6. The van der Waals surface area contributed by atoms with Crippen LogP contribution in [0.1, 0.15) is 49.3 Å². The summed E-state index contributed by atoms with van der Waals surface area (Å²) in [6, 6.07) is 15.2. The van der Waals surface area contributed by atoms with Crippen LogP contribution in [0.3, 0.4) is 0 Å². The van der Waals surface area contributed by atoms with Crippen LogP contribution in [0.2, 0.25) is 0 Å². The second-order valence-electron chi connectivity index (χ2n) is 11.8. The van der Waals surface area contributed by atoms with Gasteiger partial charge in [0.05, 0.1) is 18.9 Å². The average Bonchev–Trinajstić information content (AvgIpc) is 3.25. The van der Waals surface area contributed by atoms with Crippen LogP contribution in [-0.4, -0.2) is 55.9 Å². The number of fused-ring (bicyclic) bond motifs is 2. The first-order valence-electron chi connectivity index (χ1n) is 13.4. The van der Waals surface area contributed by atoms with Gasteiger partial charge >= 0.3 is 0 Å². The molecule has 3 saturated carbocycles. The monoisotopic (exact) mass is 488 g/mol. The van der Waals surface area contributed by atoms with E-state index < -0.39 is 5.60 Å². The standard InChI is InChI=1S/C30H36N2O4/c1-19(33)31-23-10-9-21-15-24-28-11-12-30(34-3,22(16-28)18-35-17-20-7-5-4-6-8-20)27-29(28,13-14-32(24)2)25(21)26(23)36-27/h4-10,22,24,27H,11-18H2,1-3H3,(H,31,33)/t22-,24-,27-,28-,29+,30-/m1/s1. The van der Waals surface area contributed by atoms with E-state index in [-0.39, 0.29) is 28.8 Å². The van der Waals surface area contributed by atoms with Crippen molar-refractivity contribution in [2.45, 2.75) is 68.8 Å². The molecule has 2 spiro atoms. The molecule has 8 rings (SSSR count). The molecule has 0 aromatic heterocycles. The molecule has 2 aromatic carbocycles. The zero-order chi connectivity index (χ0) is 24.7. The molecule has 6 atom stereocenters. The van der Waals surface area contributed by atoms with Crippen LogP contribution in [0.25, 0.3) is 0 Å². The lowest BCUT2D eigenvalue weighted by Gasteiger charge is -2.73. The largest absolute Gasteiger partial charge is 0.484 e. The Bertz CT molecular complexity index is 1220. The van der Waals surface area contributed by atoms with E-state index in [9.17, 15) is 4.79 Å². The third-order valence-corrected chi connectivity index (χ3v) is 10.5. The number of amides is 1. The number of ether oxygens (including phenoxy) is 3. The summed E-state index contributed by atoms with van der Waals surface area (Å²) in [6.45, 7) is 3.91. The minimum atomic E-state index is -0.403. The van der Waals surface area contributed by atoms with Crippen molar-refractivity contribution < 1.29 is 19.0 Å². The highest BCUT2D eigenvalue weighted by Crippen LogP contribution is 2.76. The van der Waals surface area contributed by atoms with Crippen molar-refractivity contribution in [3.8, 4) is 5.75 Å². The maximum atomic E-state index is 12.1. The SMILES string of the molecule is CO[C@]12CC[C@@]3(C[C@@H]1COCc1ccccc1)[C@H]1Cc4ccc(NC(C)=O)c5c4[C@@]3(CCN1C)[C@H]2O5. The van der Waals surface area contributed by atoms with E-state index >= 15 is 0 Å². The van der Waals surface area contributed by atoms with Crippen molar-refractivity contribution >= 4 is 11.6 Å². The van der Waals surface area contributed by atoms with Crippen LogP contribution < -0.4 is 10.1 Å². The highest BCUT2D eigenvalue weighted by molar-refractivity contribution is 5.91. The van der Waals surface area contributed by atoms with E-state index in [1.54, 1.807) is 6.92 Å². The molecule has 4 aliphatic carbocycles. The summed E-state index contributed by atoms with van der Waals surface area (Å²) in [4.78, 5) is 14.7. The minimum absolute atomic E-state index is 0.0643. The smallest absolute Gasteiger partial charge is 0.221 e. The lowest BCUT2D eigenvalue weighted by atomic mass is 9.35. The lowest BCUT2D eigenvalue weighted by Crippen LogP contribution is -2.81. The summed E-state index contributed by atoms with van der Waals surface area (Å²) >= 11 is 0. The number of carbonyl (C=O) groups is 1. The summed E-state index contributed by atoms with van der Waals surface area (Å²) in [5.74, 6) is 1.09. The first-order chi connectivity index (χ1) is 17.4. The molecule has 6 nitrogen and oxygen atoms in total. The maximum Gasteiger partial charge on any atom is 0.221 e. The van der Waals surface area contributed by atoms with Crippen molar-refractivity contribution in [2.75, 3.05) is 32.6 Å². The fourth-order valence-electron chi connectivity index (χ4n) is 9.22. The molecule has 0 radical (unpaired) electrons. The van der Waals surface area contributed by atoms with E-state index in [0.29, 0.717) is 19.3 Å². The Morgan fingerprint density at radius 2 is 2.00 bits per heavy atom. The van der Waals surface area contributed by atoms with Crippen LogP contribution >= 0.6 is 0 Å². The van der Waals surface area contributed by atoms with Crippen LogP contribution in [0, 0.1) is 11.3 Å². The molecule has 1 N–H and O–H groups in total. The molecule has 4 fully saturated rings. The number of methoxy groups -OCH3 is 1. The number of likely N-dealkylation sites (N-methyl/N-ethyl adjacent to an activating group) is 1. The van der Waals surface area contributed by atoms with Crippen molar-refractivity contribution in [1.82, 2.24) is 4.90 Å². The molecular formula is C30H36N2O4. The summed E-state index contributed by atoms with van der Waals surface area (Å²) < 4.78 is 20.0. The van der Waals surface area contributed by atoms with E-state index in [1.807, 2.05) is 19.2 Å². The van der Waals surface area contributed by atoms with E-state index in [2.05, 4.69) is 47.6 Å². The number of likely N-dealkylation sites (tertiary alicyclic amines) is 1. The van der Waals surface area contributed by atoms with Gasteiger partial charge in [0.25, 0.3) is 0 Å². The zero-order valence-electron chi connectivity index (χ0n) is 21.5. The number of anilines is 1. The molecule has 1 amide bonds. The van der Waals surface area contributed by atoms with Crippen molar-refractivity contribution in [2.24, 2.45) is 11.3 Å². The maximum absolute atomic E-state index is 12.1. The Balaban J connectivity index is 1.33. The van der Waals surface area contributed by atoms with Gasteiger partial charge in [0.1, 0.15) is 17.5 Å². The second-order valence-corrected chi connectivity index (χ2v) is 11.8. The Kier molecular flexibility index (Phi) is 4.93. The van der Waals surface area contributed by atoms with Gasteiger partial charge in [0.2, 0.25) is 5.91 Å². The summed E-state index contributed by atoms with van der Waals surface area (Å²) in [7, 11) is 4.18. The lowest BCUT2D eigenvalue weighted by molar-refractivity contribution is -0.282. The Hall–Kier alpha value is -2.41. The molecule has 2 aliphatic heterocycles. The van der Waals surface area contributed by atoms with Gasteiger partial charge in [-0.15, -0.1) is 0 Å². The molecule has 6 aliphatic rings. The van der Waals surface area contributed by atoms with Crippen molar-refractivity contribution in [3.05, 3.63) is 59.2 Å². The highest BCUT2D eigenvalue weighted by atomic mass is 16.6. The van der Waals surface area contributed by atoms with Gasteiger partial charge in [-0.1, -0.05) is 36.4 Å². The van der Waals surface area contributed by atoms with Crippen LogP contribution in [0.4, 0.5) is 5.69 Å². The van der Waals surface area contributed by atoms with Crippen LogP contribution in [-0.2, 0) is 32.7 Å². The van der Waals surface area contributed by atoms with Crippen LogP contribution in [0.5, 0.6) is 5.75 Å². The predicted octanol–water partition coefficient (Wildman–Crippen LogP) is 4.31. The second kappa shape index (κ2) is 7.80. The van der Waals surface area contributed by atoms with Gasteiger partial charge in [-0.3, -0.25) is 4.79 Å². The number of nitrogens with zero attached hydrogens (tertiary/aromatic N) is 1. The molecule has 1 saturated heterocycles. The first-order valence-corrected chi connectivity index (χ1v) is 13.4. The Labute approximate surface area is 213 Å². The van der Waals surface area contributed by atoms with E-state index in [0.717, 1.165) is 50.1 Å². The molecule has 4 bridgehead atoms. The highest BCUT2D eigenvalue weighted by Gasteiger charge is 2.80. The molecule has 2 heterocycles. The van der Waals surface area contributed by atoms with Crippen molar-refractivity contribution in [1.29, 1.82) is 0 Å². The van der Waals surface area contributed by atoms with Gasteiger partial charge < -0.3 is 24.4 Å². The van der Waals surface area contributed by atoms with E-state index in [4.69, 9.17) is 14.2 Å². The number of hydrogen-bond donors (Lipinski definition) is 1. The fraction of sp³-hybridized carbons (Fsp3) is 0.567. The summed E-state index contributed by atoms with van der Waals surface area (Å²) in [5, 5.41) is 3.06. The summed E-state index contributed by atoms with van der Waals surface area (Å²) in [6.07, 6.45) is 5.26. The van der Waals surface area contributed by atoms with Gasteiger partial charge in [-0.05, 0) is 62.9 Å². The predicted molar refractivity (Wildman–Crippen MR) is 137 cm³/mol. The van der Waals surface area contributed by atoms with Gasteiger partial charge in [-0.2, -0.15) is 0 Å². The third-order valence-electron chi connectivity index (χ3n) is 10.5. The quantitative estimate of drug-likeness (QED) is 0.657. The Morgan fingerprint density at radius 3 is 2.78 bits per heavy atom. The van der Waals surface area contributed by atoms with Gasteiger partial charge in [0.15, 0.2) is 0 Å². The number of carbonyl (C=O) groups excluding carboxylic acids is 1. The zero-order valence-corrected chi connectivity index (χ0v) is 21.5. The van der Waals surface area contributed by atoms with E-state index in [1.165, 1.54) is 16.7 Å². The fourth-order valence-corrected chi connectivity index (χ4v) is 9.22. The topological polar surface area (TPSA) is 60.0 Å². The van der Waals surface area contributed by atoms with Crippen LogP contribution in [0.15, 0.2) is 42.5 Å². The average molecular weight is 489 g/mol. The molecule has 2 aromatic rings. The number of nitrogens with one attached hydrogen (secondary N) is 1. The molecule has 6 heteroatoms. The molecular weight excluding hydrogens is 452 g/mol. The minimum Gasteiger partial charge on any atom is -0.484 e. The molecule has 190 valence electrons. The normalized spacial score (nSPS) is 37.4. The summed E-state index contributed by atoms with van der Waals surface area (Å²) in [5.41, 5.74) is 4.40. The first kappa shape index (κ1) is 22.8.